The van der Waals surface area contributed by atoms with Crippen molar-refractivity contribution < 1.29 is 14.2 Å². The molecule has 0 aliphatic rings. The van der Waals surface area contributed by atoms with E-state index in [0.29, 0.717) is 6.54 Å². The number of methoxy groups -OCH3 is 1. The Bertz CT molecular complexity index is 331. The summed E-state index contributed by atoms with van der Waals surface area (Å²) in [5, 5.41) is 8.73. The fourth-order valence-corrected chi connectivity index (χ4v) is 1.47. The second kappa shape index (κ2) is 6.45. The second-order valence-corrected chi connectivity index (χ2v) is 3.75. The molecule has 0 aliphatic heterocycles. The van der Waals surface area contributed by atoms with Crippen molar-refractivity contribution in [2.75, 3.05) is 33.9 Å². The molecule has 1 rings (SSSR count). The molecule has 0 aromatic heterocycles. The maximum atomic E-state index is 13.3. The first-order valence-corrected chi connectivity index (χ1v) is 5.29. The molecule has 0 bridgehead atoms. The van der Waals surface area contributed by atoms with Crippen LogP contribution in [0.5, 0.6) is 5.75 Å². The van der Waals surface area contributed by atoms with Gasteiger partial charge in [-0.3, -0.25) is 0 Å². The zero-order chi connectivity index (χ0) is 12.0. The zero-order valence-corrected chi connectivity index (χ0v) is 9.74. The molecule has 0 saturated carbocycles. The molecular weight excluding hydrogens is 209 g/mol. The van der Waals surface area contributed by atoms with Gasteiger partial charge < -0.3 is 14.7 Å². The molecule has 0 spiro atoms. The van der Waals surface area contributed by atoms with Crippen LogP contribution in [-0.2, 0) is 6.42 Å². The van der Waals surface area contributed by atoms with Gasteiger partial charge in [-0.25, -0.2) is 4.39 Å². The summed E-state index contributed by atoms with van der Waals surface area (Å²) < 4.78 is 18.2. The second-order valence-electron chi connectivity index (χ2n) is 3.75. The Hall–Kier alpha value is -1.13. The van der Waals surface area contributed by atoms with E-state index in [0.717, 1.165) is 18.5 Å². The molecule has 0 amide bonds. The first-order chi connectivity index (χ1) is 7.67. The van der Waals surface area contributed by atoms with Crippen LogP contribution >= 0.6 is 0 Å². The van der Waals surface area contributed by atoms with E-state index in [2.05, 4.69) is 0 Å². The minimum absolute atomic E-state index is 0.146. The summed E-state index contributed by atoms with van der Waals surface area (Å²) >= 11 is 0. The Morgan fingerprint density at radius 1 is 1.38 bits per heavy atom. The van der Waals surface area contributed by atoms with Gasteiger partial charge in [0.25, 0.3) is 0 Å². The van der Waals surface area contributed by atoms with Gasteiger partial charge in [0.05, 0.1) is 13.7 Å². The fourth-order valence-electron chi connectivity index (χ4n) is 1.47. The summed E-state index contributed by atoms with van der Waals surface area (Å²) in [5.74, 6) is -0.0581. The van der Waals surface area contributed by atoms with Crippen molar-refractivity contribution >= 4 is 0 Å². The van der Waals surface area contributed by atoms with Crippen LogP contribution in [0.1, 0.15) is 5.56 Å². The molecule has 1 N–H and O–H groups in total. The molecule has 0 aliphatic carbocycles. The van der Waals surface area contributed by atoms with Crippen molar-refractivity contribution in [2.24, 2.45) is 0 Å². The maximum absolute atomic E-state index is 13.3. The molecule has 1 aromatic rings. The highest BCUT2D eigenvalue weighted by Gasteiger charge is 2.04. The Labute approximate surface area is 95.5 Å². The standard InChI is InChI=1S/C12H18FNO2/c1-14(7-8-15)6-5-10-3-4-12(16-2)11(13)9-10/h3-4,9,15H,5-8H2,1-2H3. The number of hydrogen-bond donors (Lipinski definition) is 1. The summed E-state index contributed by atoms with van der Waals surface area (Å²) in [7, 11) is 3.38. The Morgan fingerprint density at radius 2 is 2.12 bits per heavy atom. The quantitative estimate of drug-likeness (QED) is 0.795. The van der Waals surface area contributed by atoms with Crippen molar-refractivity contribution in [3.05, 3.63) is 29.6 Å². The lowest BCUT2D eigenvalue weighted by Crippen LogP contribution is -2.24. The number of ether oxygens (including phenoxy) is 1. The molecule has 3 nitrogen and oxygen atoms in total. The van der Waals surface area contributed by atoms with Gasteiger partial charge in [0.15, 0.2) is 11.6 Å². The molecule has 0 saturated heterocycles. The van der Waals surface area contributed by atoms with Crippen LogP contribution in [0, 0.1) is 5.82 Å². The molecule has 90 valence electrons. The van der Waals surface area contributed by atoms with Gasteiger partial charge in [0.2, 0.25) is 0 Å². The molecule has 1 aromatic carbocycles. The summed E-state index contributed by atoms with van der Waals surface area (Å²) in [6, 6.07) is 4.98. The van der Waals surface area contributed by atoms with Crippen LogP contribution in [0.4, 0.5) is 4.39 Å². The number of rotatable bonds is 6. The summed E-state index contributed by atoms with van der Waals surface area (Å²) in [6.07, 6.45) is 0.761. The van der Waals surface area contributed by atoms with Crippen molar-refractivity contribution in [2.45, 2.75) is 6.42 Å². The molecule has 4 heteroatoms. The highest BCUT2D eigenvalue weighted by molar-refractivity contribution is 5.29. The van der Waals surface area contributed by atoms with Crippen LogP contribution in [-0.4, -0.2) is 43.9 Å². The van der Waals surface area contributed by atoms with Gasteiger partial charge in [-0.1, -0.05) is 6.07 Å². The predicted molar refractivity (Wildman–Crippen MR) is 61.2 cm³/mol. The summed E-state index contributed by atoms with van der Waals surface area (Å²) in [4.78, 5) is 2.00. The number of halogens is 1. The highest BCUT2D eigenvalue weighted by atomic mass is 19.1. The van der Waals surface area contributed by atoms with E-state index >= 15 is 0 Å². The third-order valence-corrected chi connectivity index (χ3v) is 2.48. The van der Waals surface area contributed by atoms with Gasteiger partial charge in [0, 0.05) is 13.1 Å². The molecule has 0 radical (unpaired) electrons. The van der Waals surface area contributed by atoms with Crippen molar-refractivity contribution in [1.29, 1.82) is 0 Å². The number of likely N-dealkylation sites (N-methyl/N-ethyl adjacent to an activating group) is 1. The van der Waals surface area contributed by atoms with E-state index in [-0.39, 0.29) is 18.2 Å². The molecule has 16 heavy (non-hydrogen) atoms. The number of hydrogen-bond acceptors (Lipinski definition) is 3. The zero-order valence-electron chi connectivity index (χ0n) is 9.74. The van der Waals surface area contributed by atoms with Gasteiger partial charge >= 0.3 is 0 Å². The van der Waals surface area contributed by atoms with E-state index in [9.17, 15) is 4.39 Å². The lowest BCUT2D eigenvalue weighted by atomic mass is 10.1. The van der Waals surface area contributed by atoms with E-state index in [4.69, 9.17) is 9.84 Å². The van der Waals surface area contributed by atoms with Crippen LogP contribution in [0.2, 0.25) is 0 Å². The van der Waals surface area contributed by atoms with E-state index < -0.39 is 0 Å². The van der Waals surface area contributed by atoms with Crippen LogP contribution < -0.4 is 4.74 Å². The third-order valence-electron chi connectivity index (χ3n) is 2.48. The number of benzene rings is 1. The molecular formula is C12H18FNO2. The first kappa shape index (κ1) is 12.9. The minimum atomic E-state index is -0.329. The minimum Gasteiger partial charge on any atom is -0.494 e. The average Bonchev–Trinajstić information content (AvgIpc) is 2.27. The van der Waals surface area contributed by atoms with Crippen LogP contribution in [0.25, 0.3) is 0 Å². The first-order valence-electron chi connectivity index (χ1n) is 5.29. The highest BCUT2D eigenvalue weighted by Crippen LogP contribution is 2.17. The molecule has 0 unspecified atom stereocenters. The largest absolute Gasteiger partial charge is 0.494 e. The Kier molecular flexibility index (Phi) is 5.22. The number of aliphatic hydroxyl groups excluding tert-OH is 1. The lowest BCUT2D eigenvalue weighted by Gasteiger charge is -2.14. The lowest BCUT2D eigenvalue weighted by molar-refractivity contribution is 0.223. The van der Waals surface area contributed by atoms with Crippen molar-refractivity contribution in [3.63, 3.8) is 0 Å². The average molecular weight is 227 g/mol. The Morgan fingerprint density at radius 3 is 2.69 bits per heavy atom. The van der Waals surface area contributed by atoms with Crippen LogP contribution in [0.15, 0.2) is 18.2 Å². The monoisotopic (exact) mass is 227 g/mol. The van der Waals surface area contributed by atoms with Gasteiger partial charge in [-0.2, -0.15) is 0 Å². The van der Waals surface area contributed by atoms with E-state index in [1.54, 1.807) is 6.07 Å². The fraction of sp³-hybridized carbons (Fsp3) is 0.500. The van der Waals surface area contributed by atoms with E-state index in [1.165, 1.54) is 13.2 Å². The summed E-state index contributed by atoms with van der Waals surface area (Å²) in [5.41, 5.74) is 0.933. The molecule has 0 fully saturated rings. The number of nitrogens with zero attached hydrogens (tertiary/aromatic N) is 1. The van der Waals surface area contributed by atoms with Crippen LogP contribution in [0.3, 0.4) is 0 Å². The SMILES string of the molecule is COc1ccc(CCN(C)CCO)cc1F. The van der Waals surface area contributed by atoms with Gasteiger partial charge in [-0.15, -0.1) is 0 Å². The number of aliphatic hydroxyl groups is 1. The third kappa shape index (κ3) is 3.79. The molecule has 0 heterocycles. The van der Waals surface area contributed by atoms with Gasteiger partial charge in [-0.05, 0) is 31.2 Å². The summed E-state index contributed by atoms with van der Waals surface area (Å²) in [6.45, 7) is 1.58. The van der Waals surface area contributed by atoms with Gasteiger partial charge in [0.1, 0.15) is 0 Å². The van der Waals surface area contributed by atoms with Crippen molar-refractivity contribution in [1.82, 2.24) is 4.90 Å². The Balaban J connectivity index is 2.51. The van der Waals surface area contributed by atoms with Crippen molar-refractivity contribution in [3.8, 4) is 5.75 Å². The smallest absolute Gasteiger partial charge is 0.165 e. The molecule has 0 atom stereocenters. The predicted octanol–water partition coefficient (Wildman–Crippen LogP) is 1.30. The van der Waals surface area contributed by atoms with E-state index in [1.807, 2.05) is 18.0 Å². The normalized spacial score (nSPS) is 10.8. The maximum Gasteiger partial charge on any atom is 0.165 e. The topological polar surface area (TPSA) is 32.7 Å².